The summed E-state index contributed by atoms with van der Waals surface area (Å²) in [4.78, 5) is 23.8. The van der Waals surface area contributed by atoms with E-state index in [1.54, 1.807) is 0 Å². The molecule has 0 spiro atoms. The van der Waals surface area contributed by atoms with Gasteiger partial charge in [-0.05, 0) is 26.0 Å². The summed E-state index contributed by atoms with van der Waals surface area (Å²) in [7, 11) is 1.08. The van der Waals surface area contributed by atoms with E-state index in [9.17, 15) is 27.2 Å². The standard InChI is InChI=1S/C13H13F4NO3/c1-12(2,11(20)21)18(3)10(19)7-5-4-6-8(9(7)14)13(15,16)17/h4-6H,1-3H3,(H,20,21). The van der Waals surface area contributed by atoms with E-state index >= 15 is 0 Å². The summed E-state index contributed by atoms with van der Waals surface area (Å²) in [5.74, 6) is -4.24. The summed E-state index contributed by atoms with van der Waals surface area (Å²) >= 11 is 0. The molecule has 116 valence electrons. The number of hydrogen-bond donors (Lipinski definition) is 1. The molecule has 21 heavy (non-hydrogen) atoms. The first-order chi connectivity index (χ1) is 9.40. The molecular weight excluding hydrogens is 294 g/mol. The van der Waals surface area contributed by atoms with E-state index in [1.807, 2.05) is 0 Å². The highest BCUT2D eigenvalue weighted by Gasteiger charge is 2.39. The highest BCUT2D eigenvalue weighted by Crippen LogP contribution is 2.33. The van der Waals surface area contributed by atoms with Crippen molar-refractivity contribution < 1.29 is 32.3 Å². The van der Waals surface area contributed by atoms with Crippen LogP contribution in [0.4, 0.5) is 17.6 Å². The van der Waals surface area contributed by atoms with E-state index in [2.05, 4.69) is 0 Å². The van der Waals surface area contributed by atoms with Crippen LogP contribution in [0.15, 0.2) is 18.2 Å². The van der Waals surface area contributed by atoms with Gasteiger partial charge in [0.2, 0.25) is 0 Å². The minimum absolute atomic E-state index is 0.508. The molecule has 0 bridgehead atoms. The molecule has 0 saturated heterocycles. The van der Waals surface area contributed by atoms with Crippen molar-refractivity contribution in [3.63, 3.8) is 0 Å². The predicted molar refractivity (Wildman–Crippen MR) is 65.2 cm³/mol. The molecule has 1 N–H and O–H groups in total. The van der Waals surface area contributed by atoms with Crippen molar-refractivity contribution in [3.05, 3.63) is 35.1 Å². The Balaban J connectivity index is 3.30. The van der Waals surface area contributed by atoms with Gasteiger partial charge in [-0.3, -0.25) is 4.79 Å². The highest BCUT2D eigenvalue weighted by molar-refractivity contribution is 5.97. The van der Waals surface area contributed by atoms with Crippen molar-refractivity contribution in [1.29, 1.82) is 0 Å². The second kappa shape index (κ2) is 5.34. The molecule has 1 amide bonds. The van der Waals surface area contributed by atoms with Gasteiger partial charge in [0, 0.05) is 7.05 Å². The summed E-state index contributed by atoms with van der Waals surface area (Å²) in [6, 6.07) is 2.27. The number of aliphatic carboxylic acids is 1. The van der Waals surface area contributed by atoms with Gasteiger partial charge in [-0.15, -0.1) is 0 Å². The van der Waals surface area contributed by atoms with E-state index < -0.39 is 40.5 Å². The molecule has 1 rings (SSSR count). The summed E-state index contributed by atoms with van der Waals surface area (Å²) < 4.78 is 51.6. The van der Waals surface area contributed by atoms with Crippen molar-refractivity contribution in [3.8, 4) is 0 Å². The number of carbonyl (C=O) groups is 2. The molecule has 0 fully saturated rings. The summed E-state index contributed by atoms with van der Waals surface area (Å²) in [5, 5.41) is 8.99. The molecule has 1 aromatic carbocycles. The monoisotopic (exact) mass is 307 g/mol. The van der Waals surface area contributed by atoms with Crippen LogP contribution < -0.4 is 0 Å². The lowest BCUT2D eigenvalue weighted by molar-refractivity contribution is -0.147. The number of alkyl halides is 3. The Morgan fingerprint density at radius 1 is 1.19 bits per heavy atom. The minimum Gasteiger partial charge on any atom is -0.480 e. The number of carbonyl (C=O) groups excluding carboxylic acids is 1. The Labute approximate surface area is 118 Å². The van der Waals surface area contributed by atoms with Crippen molar-refractivity contribution in [2.24, 2.45) is 0 Å². The molecule has 0 aromatic heterocycles. The van der Waals surface area contributed by atoms with Crippen LogP contribution in [0.25, 0.3) is 0 Å². The first kappa shape index (κ1) is 16.9. The van der Waals surface area contributed by atoms with Crippen molar-refractivity contribution in [2.45, 2.75) is 25.6 Å². The maximum atomic E-state index is 13.9. The summed E-state index contributed by atoms with van der Waals surface area (Å²) in [6.45, 7) is 2.36. The van der Waals surface area contributed by atoms with Gasteiger partial charge in [-0.1, -0.05) is 6.07 Å². The zero-order valence-electron chi connectivity index (χ0n) is 11.5. The number of nitrogens with zero attached hydrogens (tertiary/aromatic N) is 1. The lowest BCUT2D eigenvalue weighted by Gasteiger charge is -2.31. The van der Waals surface area contributed by atoms with Crippen LogP contribution in [0.5, 0.6) is 0 Å². The molecule has 8 heteroatoms. The predicted octanol–water partition coefficient (Wildman–Crippen LogP) is 2.78. The molecule has 0 unspecified atom stereocenters. The third kappa shape index (κ3) is 3.14. The number of carboxylic acids is 1. The largest absolute Gasteiger partial charge is 0.480 e. The lowest BCUT2D eigenvalue weighted by atomic mass is 10.0. The molecule has 0 saturated carbocycles. The Morgan fingerprint density at radius 3 is 2.14 bits per heavy atom. The second-order valence-electron chi connectivity index (χ2n) is 4.89. The van der Waals surface area contributed by atoms with Gasteiger partial charge in [0.15, 0.2) is 0 Å². The highest BCUT2D eigenvalue weighted by atomic mass is 19.4. The summed E-state index contributed by atoms with van der Waals surface area (Å²) in [5.41, 5.74) is -4.10. The lowest BCUT2D eigenvalue weighted by Crippen LogP contribution is -2.51. The molecule has 0 aliphatic heterocycles. The number of rotatable bonds is 3. The fourth-order valence-corrected chi connectivity index (χ4v) is 1.49. The van der Waals surface area contributed by atoms with Gasteiger partial charge < -0.3 is 10.0 Å². The van der Waals surface area contributed by atoms with E-state index in [0.717, 1.165) is 19.2 Å². The molecule has 0 atom stereocenters. The average Bonchev–Trinajstić information content (AvgIpc) is 2.35. The molecule has 0 aliphatic rings. The number of likely N-dealkylation sites (N-methyl/N-ethyl adjacent to an activating group) is 1. The first-order valence-corrected chi connectivity index (χ1v) is 5.78. The number of amides is 1. The van der Waals surface area contributed by atoms with E-state index in [1.165, 1.54) is 13.8 Å². The van der Waals surface area contributed by atoms with E-state index in [-0.39, 0.29) is 0 Å². The molecule has 4 nitrogen and oxygen atoms in total. The van der Waals surface area contributed by atoms with Crippen LogP contribution in [0.3, 0.4) is 0 Å². The molecule has 0 aliphatic carbocycles. The molecular formula is C13H13F4NO3. The fourth-order valence-electron chi connectivity index (χ4n) is 1.49. The maximum Gasteiger partial charge on any atom is 0.419 e. The van der Waals surface area contributed by atoms with Gasteiger partial charge in [-0.2, -0.15) is 13.2 Å². The summed E-state index contributed by atoms with van der Waals surface area (Å²) in [6.07, 6.45) is -4.94. The Hall–Kier alpha value is -2.12. The zero-order chi connectivity index (χ0) is 16.6. The topological polar surface area (TPSA) is 57.6 Å². The number of hydrogen-bond acceptors (Lipinski definition) is 2. The second-order valence-corrected chi connectivity index (χ2v) is 4.89. The Morgan fingerprint density at radius 2 is 1.71 bits per heavy atom. The molecule has 0 radical (unpaired) electrons. The van der Waals surface area contributed by atoms with Gasteiger partial charge in [0.05, 0.1) is 11.1 Å². The van der Waals surface area contributed by atoms with Crippen LogP contribution in [-0.2, 0) is 11.0 Å². The molecule has 0 heterocycles. The van der Waals surface area contributed by atoms with E-state index in [4.69, 9.17) is 5.11 Å². The SMILES string of the molecule is CN(C(=O)c1cccc(C(F)(F)F)c1F)C(C)(C)C(=O)O. The van der Waals surface area contributed by atoms with Crippen LogP contribution in [0.1, 0.15) is 29.8 Å². The van der Waals surface area contributed by atoms with Gasteiger partial charge >= 0.3 is 12.1 Å². The van der Waals surface area contributed by atoms with Crippen LogP contribution in [0.2, 0.25) is 0 Å². The third-order valence-corrected chi connectivity index (χ3v) is 3.20. The zero-order valence-corrected chi connectivity index (χ0v) is 11.5. The average molecular weight is 307 g/mol. The number of benzene rings is 1. The third-order valence-electron chi connectivity index (χ3n) is 3.20. The van der Waals surface area contributed by atoms with Crippen molar-refractivity contribution in [2.75, 3.05) is 7.05 Å². The molecule has 1 aromatic rings. The van der Waals surface area contributed by atoms with Crippen molar-refractivity contribution >= 4 is 11.9 Å². The fraction of sp³-hybridized carbons (Fsp3) is 0.385. The smallest absolute Gasteiger partial charge is 0.419 e. The minimum atomic E-state index is -4.94. The van der Waals surface area contributed by atoms with Crippen LogP contribution in [-0.4, -0.2) is 34.5 Å². The number of carboxylic acid groups (broad SMARTS) is 1. The Kier molecular flexibility index (Phi) is 4.31. The van der Waals surface area contributed by atoms with Crippen LogP contribution >= 0.6 is 0 Å². The first-order valence-electron chi connectivity index (χ1n) is 5.78. The van der Waals surface area contributed by atoms with Gasteiger partial charge in [0.25, 0.3) is 5.91 Å². The Bertz CT molecular complexity index is 581. The normalized spacial score (nSPS) is 12.1. The number of halogens is 4. The van der Waals surface area contributed by atoms with Crippen molar-refractivity contribution in [1.82, 2.24) is 4.90 Å². The van der Waals surface area contributed by atoms with Crippen LogP contribution in [0, 0.1) is 5.82 Å². The maximum absolute atomic E-state index is 13.9. The van der Waals surface area contributed by atoms with Gasteiger partial charge in [-0.25, -0.2) is 9.18 Å². The van der Waals surface area contributed by atoms with E-state index in [0.29, 0.717) is 11.0 Å². The quantitative estimate of drug-likeness (QED) is 0.874. The van der Waals surface area contributed by atoms with Gasteiger partial charge in [0.1, 0.15) is 11.4 Å².